The van der Waals surface area contributed by atoms with E-state index in [4.69, 9.17) is 9.47 Å². The van der Waals surface area contributed by atoms with Crippen LogP contribution < -0.4 is 14.9 Å². The van der Waals surface area contributed by atoms with Crippen molar-refractivity contribution in [2.75, 3.05) is 14.2 Å². The molecule has 0 radical (unpaired) electrons. The first-order chi connectivity index (χ1) is 11.0. The molecule has 120 valence electrons. The molecule has 0 aromatic heterocycles. The number of aromatic hydroxyl groups is 2. The molecule has 2 rings (SSSR count). The number of hydrogen-bond acceptors (Lipinski definition) is 6. The van der Waals surface area contributed by atoms with Crippen LogP contribution in [0, 0.1) is 0 Å². The molecule has 0 aliphatic heterocycles. The van der Waals surface area contributed by atoms with E-state index in [1.807, 2.05) is 0 Å². The van der Waals surface area contributed by atoms with Crippen LogP contribution in [0.25, 0.3) is 0 Å². The van der Waals surface area contributed by atoms with Crippen LogP contribution in [0.5, 0.6) is 23.0 Å². The number of phenolic OH excluding ortho intramolecular Hbond substituents is 2. The van der Waals surface area contributed by atoms with E-state index in [0.29, 0.717) is 22.6 Å². The molecule has 0 spiro atoms. The van der Waals surface area contributed by atoms with Crippen LogP contribution in [-0.2, 0) is 0 Å². The van der Waals surface area contributed by atoms with E-state index in [1.54, 1.807) is 24.3 Å². The fourth-order valence-electron chi connectivity index (χ4n) is 1.83. The third-order valence-corrected chi connectivity index (χ3v) is 3.03. The molecule has 0 saturated carbocycles. The Hall–Kier alpha value is -3.22. The summed E-state index contributed by atoms with van der Waals surface area (Å²) in [7, 11) is 2.97. The first-order valence-corrected chi connectivity index (χ1v) is 6.62. The van der Waals surface area contributed by atoms with Crippen molar-refractivity contribution in [3.05, 3.63) is 47.5 Å². The molecule has 0 saturated heterocycles. The summed E-state index contributed by atoms with van der Waals surface area (Å²) in [4.78, 5) is 12.1. The van der Waals surface area contributed by atoms with Gasteiger partial charge in [-0.05, 0) is 35.9 Å². The summed E-state index contributed by atoms with van der Waals surface area (Å²) in [6.07, 6.45) is 1.34. The normalized spacial score (nSPS) is 10.5. The number of hydrogen-bond donors (Lipinski definition) is 3. The van der Waals surface area contributed by atoms with Gasteiger partial charge in [-0.15, -0.1) is 0 Å². The van der Waals surface area contributed by atoms with Crippen LogP contribution in [0.1, 0.15) is 15.9 Å². The van der Waals surface area contributed by atoms with Gasteiger partial charge in [0.05, 0.1) is 26.0 Å². The Bertz CT molecular complexity index is 743. The van der Waals surface area contributed by atoms with Gasteiger partial charge >= 0.3 is 0 Å². The maximum absolute atomic E-state index is 12.1. The van der Waals surface area contributed by atoms with Crippen molar-refractivity contribution in [1.82, 2.24) is 5.43 Å². The molecule has 3 N–H and O–H groups in total. The van der Waals surface area contributed by atoms with Crippen LogP contribution >= 0.6 is 0 Å². The SMILES string of the molecule is COc1ccc(C(=O)NN=Cc2ccc(O)c(O)c2)c(OC)c1. The van der Waals surface area contributed by atoms with Gasteiger partial charge < -0.3 is 19.7 Å². The molecular formula is C16H16N2O5. The van der Waals surface area contributed by atoms with Crippen LogP contribution in [0.4, 0.5) is 0 Å². The summed E-state index contributed by atoms with van der Waals surface area (Å²) in [5.41, 5.74) is 3.18. The lowest BCUT2D eigenvalue weighted by Crippen LogP contribution is -2.18. The lowest BCUT2D eigenvalue weighted by molar-refractivity contribution is 0.0952. The van der Waals surface area contributed by atoms with E-state index in [0.717, 1.165) is 0 Å². The summed E-state index contributed by atoms with van der Waals surface area (Å²) in [5.74, 6) is -0.0178. The average Bonchev–Trinajstić information content (AvgIpc) is 2.57. The van der Waals surface area contributed by atoms with Crippen molar-refractivity contribution in [1.29, 1.82) is 0 Å². The van der Waals surface area contributed by atoms with Gasteiger partial charge in [-0.2, -0.15) is 5.10 Å². The number of rotatable bonds is 5. The smallest absolute Gasteiger partial charge is 0.275 e. The molecular weight excluding hydrogens is 300 g/mol. The van der Waals surface area contributed by atoms with Gasteiger partial charge in [0, 0.05) is 6.07 Å². The molecule has 0 bridgehead atoms. The minimum Gasteiger partial charge on any atom is -0.504 e. The minimum atomic E-state index is -0.455. The van der Waals surface area contributed by atoms with Gasteiger partial charge in [-0.3, -0.25) is 4.79 Å². The number of carbonyl (C=O) groups excluding carboxylic acids is 1. The number of amides is 1. The zero-order valence-corrected chi connectivity index (χ0v) is 12.6. The van der Waals surface area contributed by atoms with Gasteiger partial charge in [0.15, 0.2) is 11.5 Å². The summed E-state index contributed by atoms with van der Waals surface area (Å²) < 4.78 is 10.2. The Morgan fingerprint density at radius 3 is 2.52 bits per heavy atom. The molecule has 0 unspecified atom stereocenters. The van der Waals surface area contributed by atoms with Crippen molar-refractivity contribution < 1.29 is 24.5 Å². The zero-order valence-electron chi connectivity index (χ0n) is 12.6. The Balaban J connectivity index is 2.10. The first-order valence-electron chi connectivity index (χ1n) is 6.62. The summed E-state index contributed by atoms with van der Waals surface area (Å²) in [6.45, 7) is 0. The number of phenols is 2. The third kappa shape index (κ3) is 3.91. The number of nitrogens with zero attached hydrogens (tertiary/aromatic N) is 1. The molecule has 0 aliphatic rings. The molecule has 7 heteroatoms. The Morgan fingerprint density at radius 1 is 1.09 bits per heavy atom. The number of ether oxygens (including phenoxy) is 2. The molecule has 0 aliphatic carbocycles. The van der Waals surface area contributed by atoms with Crippen LogP contribution in [-0.4, -0.2) is 36.6 Å². The average molecular weight is 316 g/mol. The van der Waals surface area contributed by atoms with Crippen LogP contribution in [0.2, 0.25) is 0 Å². The molecule has 0 atom stereocenters. The van der Waals surface area contributed by atoms with E-state index >= 15 is 0 Å². The second-order valence-corrected chi connectivity index (χ2v) is 4.51. The topological polar surface area (TPSA) is 100 Å². The van der Waals surface area contributed by atoms with Gasteiger partial charge in [0.25, 0.3) is 5.91 Å². The second kappa shape index (κ2) is 7.17. The summed E-state index contributed by atoms with van der Waals surface area (Å²) in [5, 5.41) is 22.4. The van der Waals surface area contributed by atoms with Crippen LogP contribution in [0.3, 0.4) is 0 Å². The lowest BCUT2D eigenvalue weighted by Gasteiger charge is -2.08. The quantitative estimate of drug-likeness (QED) is 0.444. The molecule has 0 fully saturated rings. The molecule has 1 amide bonds. The standard InChI is InChI=1S/C16H16N2O5/c1-22-11-4-5-12(15(8-11)23-2)16(21)18-17-9-10-3-6-13(19)14(20)7-10/h3-9,19-20H,1-2H3,(H,18,21). The highest BCUT2D eigenvalue weighted by Crippen LogP contribution is 2.25. The van der Waals surface area contributed by atoms with E-state index in [9.17, 15) is 15.0 Å². The van der Waals surface area contributed by atoms with Gasteiger partial charge in [0.1, 0.15) is 11.5 Å². The maximum atomic E-state index is 12.1. The molecule has 7 nitrogen and oxygen atoms in total. The van der Waals surface area contributed by atoms with Crippen LogP contribution in [0.15, 0.2) is 41.5 Å². The van der Waals surface area contributed by atoms with E-state index in [2.05, 4.69) is 10.5 Å². The van der Waals surface area contributed by atoms with E-state index in [-0.39, 0.29) is 11.5 Å². The van der Waals surface area contributed by atoms with Crippen molar-refractivity contribution in [2.45, 2.75) is 0 Å². The number of methoxy groups -OCH3 is 2. The Morgan fingerprint density at radius 2 is 1.87 bits per heavy atom. The van der Waals surface area contributed by atoms with Gasteiger partial charge in [0.2, 0.25) is 0 Å². The monoisotopic (exact) mass is 316 g/mol. The van der Waals surface area contributed by atoms with Gasteiger partial charge in [-0.1, -0.05) is 0 Å². The maximum Gasteiger partial charge on any atom is 0.275 e. The second-order valence-electron chi connectivity index (χ2n) is 4.51. The highest BCUT2D eigenvalue weighted by atomic mass is 16.5. The fourth-order valence-corrected chi connectivity index (χ4v) is 1.83. The lowest BCUT2D eigenvalue weighted by atomic mass is 10.2. The Labute approximate surface area is 132 Å². The third-order valence-electron chi connectivity index (χ3n) is 3.03. The highest BCUT2D eigenvalue weighted by molar-refractivity contribution is 5.97. The first kappa shape index (κ1) is 16.2. The van der Waals surface area contributed by atoms with Crippen molar-refractivity contribution in [3.63, 3.8) is 0 Å². The predicted molar refractivity (Wildman–Crippen MR) is 84.4 cm³/mol. The zero-order chi connectivity index (χ0) is 16.8. The van der Waals surface area contributed by atoms with Crippen molar-refractivity contribution in [3.8, 4) is 23.0 Å². The van der Waals surface area contributed by atoms with Crippen molar-refractivity contribution in [2.24, 2.45) is 5.10 Å². The molecule has 23 heavy (non-hydrogen) atoms. The van der Waals surface area contributed by atoms with E-state index < -0.39 is 5.91 Å². The Kier molecular flexibility index (Phi) is 5.03. The predicted octanol–water partition coefficient (Wildman–Crippen LogP) is 1.88. The number of nitrogens with one attached hydrogen (secondary N) is 1. The fraction of sp³-hybridized carbons (Fsp3) is 0.125. The molecule has 2 aromatic carbocycles. The van der Waals surface area contributed by atoms with Gasteiger partial charge in [-0.25, -0.2) is 5.43 Å². The molecule has 2 aromatic rings. The summed E-state index contributed by atoms with van der Waals surface area (Å²) >= 11 is 0. The number of benzene rings is 2. The largest absolute Gasteiger partial charge is 0.504 e. The number of hydrazone groups is 1. The molecule has 0 heterocycles. The summed E-state index contributed by atoms with van der Waals surface area (Å²) in [6, 6.07) is 8.98. The van der Waals surface area contributed by atoms with Crippen molar-refractivity contribution >= 4 is 12.1 Å². The minimum absolute atomic E-state index is 0.228. The number of carbonyl (C=O) groups is 1. The van der Waals surface area contributed by atoms with E-state index in [1.165, 1.54) is 32.6 Å². The highest BCUT2D eigenvalue weighted by Gasteiger charge is 2.12.